The van der Waals surface area contributed by atoms with Crippen molar-refractivity contribution in [3.05, 3.63) is 0 Å². The lowest BCUT2D eigenvalue weighted by Gasteiger charge is -2.34. The van der Waals surface area contributed by atoms with Gasteiger partial charge in [0.15, 0.2) is 17.5 Å². The zero-order valence-electron chi connectivity index (χ0n) is 9.45. The second kappa shape index (κ2) is 4.00. The highest BCUT2D eigenvalue weighted by Gasteiger charge is 2.50. The lowest BCUT2D eigenvalue weighted by Crippen LogP contribution is -2.48. The molecule has 0 aromatic heterocycles. The molecule has 1 spiro atoms. The summed E-state index contributed by atoms with van der Waals surface area (Å²) in [7, 11) is 0. The fourth-order valence-corrected chi connectivity index (χ4v) is 2.67. The van der Waals surface area contributed by atoms with E-state index < -0.39 is 17.5 Å². The van der Waals surface area contributed by atoms with Crippen LogP contribution < -0.4 is 0 Å². The van der Waals surface area contributed by atoms with E-state index in [1.807, 2.05) is 0 Å². The Morgan fingerprint density at radius 1 is 1.38 bits per heavy atom. The zero-order valence-corrected chi connectivity index (χ0v) is 9.45. The van der Waals surface area contributed by atoms with Crippen molar-refractivity contribution in [1.82, 2.24) is 0 Å². The van der Waals surface area contributed by atoms with Gasteiger partial charge in [-0.1, -0.05) is 6.92 Å². The number of Topliss-reactive ketones (excluding diaryl/α,β-unsaturated/α-hetero) is 2. The van der Waals surface area contributed by atoms with Gasteiger partial charge in [0.1, 0.15) is 5.60 Å². The Kier molecular flexibility index (Phi) is 2.82. The number of hydrogen-bond acceptors (Lipinski definition) is 4. The van der Waals surface area contributed by atoms with Crippen molar-refractivity contribution in [1.29, 1.82) is 0 Å². The van der Waals surface area contributed by atoms with E-state index in [0.717, 1.165) is 25.7 Å². The molecule has 1 unspecified atom stereocenters. The maximum absolute atomic E-state index is 11.8. The van der Waals surface area contributed by atoms with Crippen molar-refractivity contribution < 1.29 is 19.1 Å². The van der Waals surface area contributed by atoms with Gasteiger partial charge < -0.3 is 4.74 Å². The van der Waals surface area contributed by atoms with Gasteiger partial charge in [-0.25, -0.2) is 0 Å². The van der Waals surface area contributed by atoms with E-state index in [0.29, 0.717) is 0 Å². The van der Waals surface area contributed by atoms with Crippen LogP contribution in [-0.4, -0.2) is 23.1 Å². The number of ketones is 2. The first kappa shape index (κ1) is 11.3. The van der Waals surface area contributed by atoms with Crippen LogP contribution in [0, 0.1) is 5.92 Å². The second-order valence-corrected chi connectivity index (χ2v) is 4.71. The first-order chi connectivity index (χ1) is 7.58. The minimum atomic E-state index is -1.14. The maximum Gasteiger partial charge on any atom is 0.324 e. The van der Waals surface area contributed by atoms with Crippen LogP contribution >= 0.6 is 0 Å². The smallest absolute Gasteiger partial charge is 0.324 e. The van der Waals surface area contributed by atoms with Crippen LogP contribution in [0.3, 0.4) is 0 Å². The van der Waals surface area contributed by atoms with Crippen LogP contribution in [0.2, 0.25) is 0 Å². The highest BCUT2D eigenvalue weighted by molar-refractivity contribution is 6.18. The summed E-state index contributed by atoms with van der Waals surface area (Å²) in [6.07, 6.45) is 3.95. The van der Waals surface area contributed by atoms with E-state index >= 15 is 0 Å². The maximum atomic E-state index is 11.8. The molecule has 0 bridgehead atoms. The van der Waals surface area contributed by atoms with Crippen molar-refractivity contribution in [2.75, 3.05) is 0 Å². The third-order valence-electron chi connectivity index (χ3n) is 3.56. The van der Waals surface area contributed by atoms with Gasteiger partial charge in [0.05, 0.1) is 0 Å². The molecule has 0 N–H and O–H groups in total. The Hall–Kier alpha value is -1.19. The summed E-state index contributed by atoms with van der Waals surface area (Å²) in [5.74, 6) is -2.32. The van der Waals surface area contributed by atoms with Gasteiger partial charge in [0, 0.05) is 12.8 Å². The molecule has 2 fully saturated rings. The van der Waals surface area contributed by atoms with E-state index in [9.17, 15) is 14.4 Å². The van der Waals surface area contributed by atoms with E-state index in [-0.39, 0.29) is 24.4 Å². The summed E-state index contributed by atoms with van der Waals surface area (Å²) in [5, 5.41) is 0. The fraction of sp³-hybridized carbons (Fsp3) is 0.750. The van der Waals surface area contributed by atoms with Gasteiger partial charge in [0.2, 0.25) is 0 Å². The lowest BCUT2D eigenvalue weighted by atomic mass is 9.83. The monoisotopic (exact) mass is 224 g/mol. The molecule has 2 rings (SSSR count). The minimum Gasteiger partial charge on any atom is -0.458 e. The van der Waals surface area contributed by atoms with Crippen molar-refractivity contribution >= 4 is 17.5 Å². The predicted octanol–water partition coefficient (Wildman–Crippen LogP) is 1.41. The number of carbonyl (C=O) groups excluding carboxylic acids is 3. The normalized spacial score (nSPS) is 28.2. The molecule has 4 heteroatoms. The molecule has 1 atom stereocenters. The molecular weight excluding hydrogens is 208 g/mol. The standard InChI is InChI=1S/C12H16O4/c1-2-8(13)10-9(14)7-12(16-11(10)15)5-3-4-6-12/h10H,2-7H2,1H3. The number of ether oxygens (including phenoxy) is 1. The summed E-state index contributed by atoms with van der Waals surface area (Å²) >= 11 is 0. The molecule has 16 heavy (non-hydrogen) atoms. The molecule has 0 aromatic rings. The minimum absolute atomic E-state index is 0.207. The Morgan fingerprint density at radius 2 is 2.00 bits per heavy atom. The lowest BCUT2D eigenvalue weighted by molar-refractivity contribution is -0.177. The van der Waals surface area contributed by atoms with Crippen LogP contribution in [0.15, 0.2) is 0 Å². The Bertz CT molecular complexity index is 319. The molecule has 2 aliphatic rings. The van der Waals surface area contributed by atoms with Crippen LogP contribution in [0.25, 0.3) is 0 Å². The van der Waals surface area contributed by atoms with Crippen molar-refractivity contribution in [3.63, 3.8) is 0 Å². The molecular formula is C12H16O4. The Morgan fingerprint density at radius 3 is 2.50 bits per heavy atom. The number of hydrogen-bond donors (Lipinski definition) is 0. The number of rotatable bonds is 2. The molecule has 0 radical (unpaired) electrons. The third kappa shape index (κ3) is 1.77. The fourth-order valence-electron chi connectivity index (χ4n) is 2.67. The van der Waals surface area contributed by atoms with Crippen LogP contribution in [0.5, 0.6) is 0 Å². The number of carbonyl (C=O) groups is 3. The molecule has 1 heterocycles. The van der Waals surface area contributed by atoms with Gasteiger partial charge in [-0.2, -0.15) is 0 Å². The van der Waals surface area contributed by atoms with Gasteiger partial charge in [0.25, 0.3) is 0 Å². The highest BCUT2D eigenvalue weighted by Crippen LogP contribution is 2.40. The summed E-state index contributed by atoms with van der Waals surface area (Å²) in [5.41, 5.74) is -0.571. The predicted molar refractivity (Wildman–Crippen MR) is 55.7 cm³/mol. The molecule has 0 aromatic carbocycles. The average Bonchev–Trinajstić information content (AvgIpc) is 2.64. The molecule has 1 saturated carbocycles. The van der Waals surface area contributed by atoms with Gasteiger partial charge >= 0.3 is 5.97 Å². The molecule has 4 nitrogen and oxygen atoms in total. The van der Waals surface area contributed by atoms with E-state index in [4.69, 9.17) is 4.74 Å². The van der Waals surface area contributed by atoms with E-state index in [1.165, 1.54) is 0 Å². The Balaban J connectivity index is 2.16. The van der Waals surface area contributed by atoms with E-state index in [1.54, 1.807) is 6.92 Å². The van der Waals surface area contributed by atoms with Gasteiger partial charge in [-0.15, -0.1) is 0 Å². The van der Waals surface area contributed by atoms with Crippen LogP contribution in [-0.2, 0) is 19.1 Å². The third-order valence-corrected chi connectivity index (χ3v) is 3.56. The molecule has 1 saturated heterocycles. The number of esters is 1. The summed E-state index contributed by atoms with van der Waals surface area (Å²) in [4.78, 5) is 35.0. The first-order valence-corrected chi connectivity index (χ1v) is 5.86. The second-order valence-electron chi connectivity index (χ2n) is 4.71. The van der Waals surface area contributed by atoms with Crippen molar-refractivity contribution in [3.8, 4) is 0 Å². The van der Waals surface area contributed by atoms with E-state index in [2.05, 4.69) is 0 Å². The first-order valence-electron chi connectivity index (χ1n) is 5.86. The summed E-state index contributed by atoms with van der Waals surface area (Å²) in [6, 6.07) is 0. The largest absolute Gasteiger partial charge is 0.458 e. The Labute approximate surface area is 94.3 Å². The van der Waals surface area contributed by atoms with Gasteiger partial charge in [-0.05, 0) is 25.7 Å². The van der Waals surface area contributed by atoms with Crippen molar-refractivity contribution in [2.45, 2.75) is 51.0 Å². The van der Waals surface area contributed by atoms with Gasteiger partial charge in [-0.3, -0.25) is 14.4 Å². The van der Waals surface area contributed by atoms with Crippen LogP contribution in [0.4, 0.5) is 0 Å². The topological polar surface area (TPSA) is 60.4 Å². The zero-order chi connectivity index (χ0) is 11.8. The summed E-state index contributed by atoms with van der Waals surface area (Å²) in [6.45, 7) is 1.66. The molecule has 88 valence electrons. The average molecular weight is 224 g/mol. The molecule has 1 aliphatic carbocycles. The quantitative estimate of drug-likeness (QED) is 0.525. The van der Waals surface area contributed by atoms with Crippen molar-refractivity contribution in [2.24, 2.45) is 5.92 Å². The molecule has 1 aliphatic heterocycles. The highest BCUT2D eigenvalue weighted by atomic mass is 16.6. The van der Waals surface area contributed by atoms with Crippen LogP contribution in [0.1, 0.15) is 45.4 Å². The molecule has 0 amide bonds. The SMILES string of the molecule is CCC(=O)C1C(=O)CC2(CCCC2)OC1=O. The summed E-state index contributed by atoms with van der Waals surface area (Å²) < 4.78 is 5.36.